The van der Waals surface area contributed by atoms with Crippen LogP contribution < -0.4 is 10.6 Å². The van der Waals surface area contributed by atoms with Crippen LogP contribution in [0.4, 0.5) is 0 Å². The van der Waals surface area contributed by atoms with Crippen LogP contribution in [0.2, 0.25) is 0 Å². The first-order valence-corrected chi connectivity index (χ1v) is 6.35. The van der Waals surface area contributed by atoms with Crippen LogP contribution in [0.25, 0.3) is 0 Å². The SMILES string of the molecule is CC(C)NC(=O)CNCC1CCCS1. The minimum absolute atomic E-state index is 0.1000. The van der Waals surface area contributed by atoms with Gasteiger partial charge in [-0.2, -0.15) is 11.8 Å². The van der Waals surface area contributed by atoms with Gasteiger partial charge in [0, 0.05) is 17.8 Å². The maximum Gasteiger partial charge on any atom is 0.234 e. The van der Waals surface area contributed by atoms with Gasteiger partial charge >= 0.3 is 0 Å². The van der Waals surface area contributed by atoms with Gasteiger partial charge in [-0.3, -0.25) is 4.79 Å². The molecule has 0 aromatic heterocycles. The van der Waals surface area contributed by atoms with Gasteiger partial charge in [0.2, 0.25) is 5.91 Å². The summed E-state index contributed by atoms with van der Waals surface area (Å²) in [5.74, 6) is 1.38. The molecule has 82 valence electrons. The molecule has 0 aromatic carbocycles. The van der Waals surface area contributed by atoms with E-state index in [2.05, 4.69) is 10.6 Å². The zero-order valence-corrected chi connectivity index (χ0v) is 9.82. The van der Waals surface area contributed by atoms with E-state index in [1.54, 1.807) is 0 Å². The lowest BCUT2D eigenvalue weighted by molar-refractivity contribution is -0.120. The quantitative estimate of drug-likeness (QED) is 0.720. The number of carbonyl (C=O) groups excluding carboxylic acids is 1. The average molecular weight is 216 g/mol. The number of hydrogen-bond acceptors (Lipinski definition) is 3. The summed E-state index contributed by atoms with van der Waals surface area (Å²) in [4.78, 5) is 11.2. The molecule has 0 aliphatic carbocycles. The van der Waals surface area contributed by atoms with Crippen molar-refractivity contribution in [3.63, 3.8) is 0 Å². The average Bonchev–Trinajstić information content (AvgIpc) is 2.55. The molecular weight excluding hydrogens is 196 g/mol. The van der Waals surface area contributed by atoms with Gasteiger partial charge < -0.3 is 10.6 Å². The molecule has 1 saturated heterocycles. The molecule has 1 amide bonds. The Morgan fingerprint density at radius 2 is 2.36 bits per heavy atom. The van der Waals surface area contributed by atoms with Crippen LogP contribution in [-0.4, -0.2) is 36.0 Å². The summed E-state index contributed by atoms with van der Waals surface area (Å²) >= 11 is 2.01. The van der Waals surface area contributed by atoms with E-state index in [0.29, 0.717) is 6.54 Å². The highest BCUT2D eigenvalue weighted by molar-refractivity contribution is 8.00. The van der Waals surface area contributed by atoms with Crippen molar-refractivity contribution < 1.29 is 4.79 Å². The Hall–Kier alpha value is -0.220. The van der Waals surface area contributed by atoms with Crippen LogP contribution in [0.3, 0.4) is 0 Å². The molecule has 1 aliphatic heterocycles. The Labute approximate surface area is 90.4 Å². The summed E-state index contributed by atoms with van der Waals surface area (Å²) < 4.78 is 0. The smallest absolute Gasteiger partial charge is 0.234 e. The minimum atomic E-state index is 0.1000. The minimum Gasteiger partial charge on any atom is -0.353 e. The van der Waals surface area contributed by atoms with E-state index in [1.807, 2.05) is 25.6 Å². The molecule has 1 rings (SSSR count). The summed E-state index contributed by atoms with van der Waals surface area (Å²) in [6, 6.07) is 0.241. The molecular formula is C10H20N2OS. The molecule has 1 fully saturated rings. The van der Waals surface area contributed by atoms with Gasteiger partial charge in [0.25, 0.3) is 0 Å². The van der Waals surface area contributed by atoms with Crippen LogP contribution in [0.1, 0.15) is 26.7 Å². The third-order valence-electron chi connectivity index (χ3n) is 2.13. The predicted octanol–water partition coefficient (Wildman–Crippen LogP) is 0.996. The van der Waals surface area contributed by atoms with E-state index >= 15 is 0 Å². The Balaban J connectivity index is 1.99. The molecule has 0 spiro atoms. The van der Waals surface area contributed by atoms with Gasteiger partial charge in [-0.05, 0) is 32.4 Å². The molecule has 1 aliphatic rings. The molecule has 1 atom stereocenters. The maximum absolute atomic E-state index is 11.2. The van der Waals surface area contributed by atoms with Crippen LogP contribution in [0, 0.1) is 0 Å². The highest BCUT2D eigenvalue weighted by Gasteiger charge is 2.15. The largest absolute Gasteiger partial charge is 0.353 e. The van der Waals surface area contributed by atoms with Gasteiger partial charge in [0.05, 0.1) is 6.54 Å². The summed E-state index contributed by atoms with van der Waals surface area (Å²) in [6.45, 7) is 5.38. The number of amides is 1. The molecule has 0 radical (unpaired) electrons. The van der Waals surface area contributed by atoms with Crippen LogP contribution in [0.5, 0.6) is 0 Å². The molecule has 14 heavy (non-hydrogen) atoms. The molecule has 1 unspecified atom stereocenters. The molecule has 0 saturated carbocycles. The zero-order valence-electron chi connectivity index (χ0n) is 9.01. The van der Waals surface area contributed by atoms with E-state index in [4.69, 9.17) is 0 Å². The second-order valence-electron chi connectivity index (χ2n) is 3.99. The van der Waals surface area contributed by atoms with Crippen LogP contribution in [-0.2, 0) is 4.79 Å². The van der Waals surface area contributed by atoms with E-state index in [0.717, 1.165) is 11.8 Å². The van der Waals surface area contributed by atoms with E-state index in [-0.39, 0.29) is 11.9 Å². The molecule has 2 N–H and O–H groups in total. The fraction of sp³-hybridized carbons (Fsp3) is 0.900. The number of hydrogen-bond donors (Lipinski definition) is 2. The number of rotatable bonds is 5. The lowest BCUT2D eigenvalue weighted by atomic mass is 10.2. The second-order valence-corrected chi connectivity index (χ2v) is 5.40. The summed E-state index contributed by atoms with van der Waals surface area (Å²) in [7, 11) is 0. The third kappa shape index (κ3) is 4.86. The lowest BCUT2D eigenvalue weighted by Crippen LogP contribution is -2.39. The molecule has 3 nitrogen and oxygen atoms in total. The Morgan fingerprint density at radius 1 is 1.57 bits per heavy atom. The fourth-order valence-corrected chi connectivity index (χ4v) is 2.76. The molecule has 0 aromatic rings. The van der Waals surface area contributed by atoms with Crippen molar-refractivity contribution in [3.8, 4) is 0 Å². The van der Waals surface area contributed by atoms with Crippen molar-refractivity contribution in [1.82, 2.24) is 10.6 Å². The number of nitrogens with one attached hydrogen (secondary N) is 2. The molecule has 4 heteroatoms. The fourth-order valence-electron chi connectivity index (χ4n) is 1.53. The van der Waals surface area contributed by atoms with Crippen molar-refractivity contribution >= 4 is 17.7 Å². The zero-order chi connectivity index (χ0) is 10.4. The molecule has 0 bridgehead atoms. The first-order chi connectivity index (χ1) is 6.68. The highest BCUT2D eigenvalue weighted by atomic mass is 32.2. The maximum atomic E-state index is 11.2. The van der Waals surface area contributed by atoms with Gasteiger partial charge in [-0.15, -0.1) is 0 Å². The van der Waals surface area contributed by atoms with E-state index < -0.39 is 0 Å². The monoisotopic (exact) mass is 216 g/mol. The number of thioether (sulfide) groups is 1. The number of carbonyl (C=O) groups is 1. The standard InChI is InChI=1S/C10H20N2OS/c1-8(2)12-10(13)7-11-6-9-4-3-5-14-9/h8-9,11H,3-7H2,1-2H3,(H,12,13). The lowest BCUT2D eigenvalue weighted by Gasteiger charge is -2.11. The first kappa shape index (κ1) is 11.9. The summed E-state index contributed by atoms with van der Waals surface area (Å²) in [5, 5.41) is 6.78. The second kappa shape index (κ2) is 6.30. The van der Waals surface area contributed by atoms with Crippen molar-refractivity contribution in [3.05, 3.63) is 0 Å². The Kier molecular flexibility index (Phi) is 5.33. The van der Waals surface area contributed by atoms with E-state index in [1.165, 1.54) is 18.6 Å². The van der Waals surface area contributed by atoms with Gasteiger partial charge in [0.1, 0.15) is 0 Å². The summed E-state index contributed by atoms with van der Waals surface area (Å²) in [5.41, 5.74) is 0. The van der Waals surface area contributed by atoms with Crippen molar-refractivity contribution in [1.29, 1.82) is 0 Å². The normalized spacial score (nSPS) is 21.5. The van der Waals surface area contributed by atoms with Crippen LogP contribution >= 0.6 is 11.8 Å². The van der Waals surface area contributed by atoms with Gasteiger partial charge in [0.15, 0.2) is 0 Å². The van der Waals surface area contributed by atoms with Crippen molar-refractivity contribution in [2.24, 2.45) is 0 Å². The van der Waals surface area contributed by atoms with Crippen LogP contribution in [0.15, 0.2) is 0 Å². The third-order valence-corrected chi connectivity index (χ3v) is 3.53. The van der Waals surface area contributed by atoms with E-state index in [9.17, 15) is 4.79 Å². The van der Waals surface area contributed by atoms with Crippen molar-refractivity contribution in [2.45, 2.75) is 38.0 Å². The Bertz CT molecular complexity index is 179. The van der Waals surface area contributed by atoms with Crippen molar-refractivity contribution in [2.75, 3.05) is 18.8 Å². The van der Waals surface area contributed by atoms with Gasteiger partial charge in [-0.1, -0.05) is 0 Å². The summed E-state index contributed by atoms with van der Waals surface area (Å²) in [6.07, 6.45) is 2.62. The topological polar surface area (TPSA) is 41.1 Å². The predicted molar refractivity (Wildman–Crippen MR) is 61.6 cm³/mol. The van der Waals surface area contributed by atoms with Gasteiger partial charge in [-0.25, -0.2) is 0 Å². The first-order valence-electron chi connectivity index (χ1n) is 5.30. The highest BCUT2D eigenvalue weighted by Crippen LogP contribution is 2.24. The molecule has 1 heterocycles. The Morgan fingerprint density at radius 3 is 2.93 bits per heavy atom.